The molecule has 5 rings (SSSR count). The largest absolute Gasteiger partial charge is 0.348 e. The van der Waals surface area contributed by atoms with Gasteiger partial charge in [0.05, 0.1) is 20.9 Å². The van der Waals surface area contributed by atoms with Gasteiger partial charge in [0.1, 0.15) is 0 Å². The lowest BCUT2D eigenvalue weighted by atomic mass is 9.96. The van der Waals surface area contributed by atoms with Crippen LogP contribution >= 0.6 is 0 Å². The number of nitrogens with one attached hydrogen (secondary N) is 1. The van der Waals surface area contributed by atoms with Gasteiger partial charge in [-0.15, -0.1) is 0 Å². The fourth-order valence-corrected chi connectivity index (χ4v) is 5.82. The molecule has 0 atom stereocenters. The SMILES string of the molecule is O=C(NCc1ccccc1)c1cccc2c1C(=O)c1ccc(/C=C/c3ccccc3)cc1S2(=O)=O. The minimum atomic E-state index is -4.00. The number of amides is 1. The van der Waals surface area contributed by atoms with Crippen LogP contribution in [0.5, 0.6) is 0 Å². The van der Waals surface area contributed by atoms with Gasteiger partial charge in [0.2, 0.25) is 9.84 Å². The molecule has 0 aliphatic carbocycles. The molecule has 4 aromatic carbocycles. The number of benzene rings is 4. The van der Waals surface area contributed by atoms with Gasteiger partial charge in [-0.25, -0.2) is 8.42 Å². The molecule has 6 heteroatoms. The zero-order valence-electron chi connectivity index (χ0n) is 18.6. The topological polar surface area (TPSA) is 80.3 Å². The fraction of sp³-hybridized carbons (Fsp3) is 0.0345. The van der Waals surface area contributed by atoms with Crippen LogP contribution in [0.3, 0.4) is 0 Å². The van der Waals surface area contributed by atoms with E-state index < -0.39 is 21.5 Å². The Morgan fingerprint density at radius 2 is 1.43 bits per heavy atom. The van der Waals surface area contributed by atoms with E-state index in [0.717, 1.165) is 11.1 Å². The molecule has 172 valence electrons. The quantitative estimate of drug-likeness (QED) is 0.353. The van der Waals surface area contributed by atoms with Gasteiger partial charge in [-0.2, -0.15) is 0 Å². The van der Waals surface area contributed by atoms with Crippen molar-refractivity contribution in [1.82, 2.24) is 5.32 Å². The van der Waals surface area contributed by atoms with Gasteiger partial charge in [0.15, 0.2) is 5.78 Å². The average Bonchev–Trinajstić information content (AvgIpc) is 2.90. The maximum absolute atomic E-state index is 13.5. The summed E-state index contributed by atoms with van der Waals surface area (Å²) in [6.07, 6.45) is 3.68. The Balaban J connectivity index is 1.50. The minimum absolute atomic E-state index is 0.0470. The molecular weight excluding hydrogens is 458 g/mol. The van der Waals surface area contributed by atoms with Crippen LogP contribution in [-0.2, 0) is 16.4 Å². The van der Waals surface area contributed by atoms with Crippen molar-refractivity contribution >= 4 is 33.7 Å². The Hall–Kier alpha value is -4.29. The van der Waals surface area contributed by atoms with E-state index in [1.54, 1.807) is 12.1 Å². The molecule has 1 amide bonds. The van der Waals surface area contributed by atoms with Crippen LogP contribution < -0.4 is 5.32 Å². The first kappa shape index (κ1) is 22.5. The lowest BCUT2D eigenvalue weighted by Gasteiger charge is -2.21. The molecule has 0 aromatic heterocycles. The summed E-state index contributed by atoms with van der Waals surface area (Å²) in [4.78, 5) is 26.2. The van der Waals surface area contributed by atoms with Gasteiger partial charge in [-0.05, 0) is 41.0 Å². The van der Waals surface area contributed by atoms with Crippen molar-refractivity contribution in [2.45, 2.75) is 16.3 Å². The normalized spacial score (nSPS) is 13.8. The summed E-state index contributed by atoms with van der Waals surface area (Å²) in [5.74, 6) is -0.978. The monoisotopic (exact) mass is 479 g/mol. The van der Waals surface area contributed by atoms with Crippen molar-refractivity contribution in [2.24, 2.45) is 0 Å². The molecule has 1 aliphatic heterocycles. The summed E-state index contributed by atoms with van der Waals surface area (Å²) in [6, 6.07) is 28.1. The van der Waals surface area contributed by atoms with Gasteiger partial charge >= 0.3 is 0 Å². The summed E-state index contributed by atoms with van der Waals surface area (Å²) in [6.45, 7) is 0.262. The number of hydrogen-bond acceptors (Lipinski definition) is 4. The summed E-state index contributed by atoms with van der Waals surface area (Å²) >= 11 is 0. The molecule has 35 heavy (non-hydrogen) atoms. The van der Waals surface area contributed by atoms with Crippen LogP contribution in [0.25, 0.3) is 12.2 Å². The minimum Gasteiger partial charge on any atom is -0.348 e. The Kier molecular flexibility index (Phi) is 5.89. The van der Waals surface area contributed by atoms with Crippen LogP contribution in [-0.4, -0.2) is 20.1 Å². The molecule has 1 N–H and O–H groups in total. The van der Waals surface area contributed by atoms with Crippen LogP contribution in [0.4, 0.5) is 0 Å². The predicted octanol–water partition coefficient (Wildman–Crippen LogP) is 5.16. The van der Waals surface area contributed by atoms with Gasteiger partial charge in [0, 0.05) is 12.1 Å². The molecule has 0 fully saturated rings. The number of carbonyl (C=O) groups is 2. The van der Waals surface area contributed by atoms with Crippen LogP contribution in [0, 0.1) is 0 Å². The molecule has 1 heterocycles. The molecule has 1 aliphatic rings. The fourth-order valence-electron chi connectivity index (χ4n) is 4.11. The van der Waals surface area contributed by atoms with Crippen molar-refractivity contribution in [3.05, 3.63) is 130 Å². The van der Waals surface area contributed by atoms with Gasteiger partial charge in [0.25, 0.3) is 5.91 Å². The first-order valence-electron chi connectivity index (χ1n) is 11.1. The number of hydrogen-bond donors (Lipinski definition) is 1. The first-order valence-corrected chi connectivity index (χ1v) is 12.6. The zero-order valence-corrected chi connectivity index (χ0v) is 19.5. The van der Waals surface area contributed by atoms with E-state index in [9.17, 15) is 18.0 Å². The van der Waals surface area contributed by atoms with Gasteiger partial charge in [-0.3, -0.25) is 9.59 Å². The number of sulfone groups is 1. The lowest BCUT2D eigenvalue weighted by molar-refractivity contribution is 0.0938. The molecular formula is C29H21NO4S. The van der Waals surface area contributed by atoms with Crippen LogP contribution in [0.2, 0.25) is 0 Å². The van der Waals surface area contributed by atoms with Crippen molar-refractivity contribution in [1.29, 1.82) is 0 Å². The van der Waals surface area contributed by atoms with Crippen LogP contribution in [0.1, 0.15) is 43.0 Å². The molecule has 4 aromatic rings. The third-order valence-corrected chi connectivity index (χ3v) is 7.73. The highest BCUT2D eigenvalue weighted by atomic mass is 32.2. The van der Waals surface area contributed by atoms with E-state index in [0.29, 0.717) is 5.56 Å². The van der Waals surface area contributed by atoms with E-state index in [1.165, 1.54) is 30.3 Å². The highest BCUT2D eigenvalue weighted by Crippen LogP contribution is 2.36. The van der Waals surface area contributed by atoms with E-state index >= 15 is 0 Å². The van der Waals surface area contributed by atoms with Gasteiger partial charge in [-0.1, -0.05) is 84.9 Å². The summed E-state index contributed by atoms with van der Waals surface area (Å²) in [5.41, 5.74) is 2.55. The number of rotatable bonds is 5. The van der Waals surface area contributed by atoms with Crippen molar-refractivity contribution in [3.63, 3.8) is 0 Å². The Morgan fingerprint density at radius 1 is 0.743 bits per heavy atom. The Bertz CT molecular complexity index is 1570. The molecule has 5 nitrogen and oxygen atoms in total. The zero-order chi connectivity index (χ0) is 24.4. The molecule has 0 bridgehead atoms. The smallest absolute Gasteiger partial charge is 0.252 e. The second kappa shape index (κ2) is 9.16. The second-order valence-electron chi connectivity index (χ2n) is 8.18. The average molecular weight is 480 g/mol. The van der Waals surface area contributed by atoms with E-state index in [1.807, 2.05) is 66.7 Å². The highest BCUT2D eigenvalue weighted by molar-refractivity contribution is 7.91. The van der Waals surface area contributed by atoms with Crippen molar-refractivity contribution in [2.75, 3.05) is 0 Å². The standard InChI is InChI=1S/C29H21NO4S/c31-28-23-17-16-21(15-14-20-8-3-1-4-9-20)18-26(23)35(33,34)25-13-7-12-24(27(25)28)29(32)30-19-22-10-5-2-6-11-22/h1-18H,19H2,(H,30,32)/b15-14+. The molecule has 0 radical (unpaired) electrons. The third kappa shape index (κ3) is 4.32. The van der Waals surface area contributed by atoms with Crippen molar-refractivity contribution in [3.8, 4) is 0 Å². The number of fused-ring (bicyclic) bond motifs is 2. The highest BCUT2D eigenvalue weighted by Gasteiger charge is 2.37. The van der Waals surface area contributed by atoms with Gasteiger partial charge < -0.3 is 5.32 Å². The van der Waals surface area contributed by atoms with E-state index in [-0.39, 0.29) is 33.0 Å². The Morgan fingerprint density at radius 3 is 2.17 bits per heavy atom. The molecule has 0 spiro atoms. The third-order valence-electron chi connectivity index (χ3n) is 5.89. The number of carbonyl (C=O) groups excluding carboxylic acids is 2. The predicted molar refractivity (Wildman–Crippen MR) is 135 cm³/mol. The second-order valence-corrected chi connectivity index (χ2v) is 10.1. The van der Waals surface area contributed by atoms with E-state index in [2.05, 4.69) is 5.32 Å². The Labute approximate surface area is 203 Å². The van der Waals surface area contributed by atoms with Crippen LogP contribution in [0.15, 0.2) is 107 Å². The van der Waals surface area contributed by atoms with E-state index in [4.69, 9.17) is 0 Å². The summed E-state index contributed by atoms with van der Waals surface area (Å²) in [5, 5.41) is 2.78. The summed E-state index contributed by atoms with van der Waals surface area (Å²) in [7, 11) is -4.00. The maximum atomic E-state index is 13.5. The summed E-state index contributed by atoms with van der Waals surface area (Å²) < 4.78 is 27.0. The lowest BCUT2D eigenvalue weighted by Crippen LogP contribution is -2.28. The van der Waals surface area contributed by atoms with Crippen molar-refractivity contribution < 1.29 is 18.0 Å². The maximum Gasteiger partial charge on any atom is 0.252 e. The number of ketones is 1. The molecule has 0 saturated carbocycles. The first-order chi connectivity index (χ1) is 16.9. The molecule has 0 unspecified atom stereocenters. The molecule has 0 saturated heterocycles.